The number of rotatable bonds is 6. The van der Waals surface area contributed by atoms with Crippen LogP contribution in [0.3, 0.4) is 0 Å². The van der Waals surface area contributed by atoms with Gasteiger partial charge in [-0.15, -0.1) is 0 Å². The highest BCUT2D eigenvalue weighted by Crippen LogP contribution is 2.32. The molecule has 0 atom stereocenters. The summed E-state index contributed by atoms with van der Waals surface area (Å²) in [5.41, 5.74) is 0.170. The Labute approximate surface area is 305 Å². The number of carbonyl (C=O) groups is 4. The van der Waals surface area contributed by atoms with Gasteiger partial charge in [0.05, 0.1) is 5.69 Å². The number of nitrogens with one attached hydrogen (secondary N) is 3. The summed E-state index contributed by atoms with van der Waals surface area (Å²) in [5.74, 6) is -0.142. The smallest absolute Gasteiger partial charge is 0.408 e. The summed E-state index contributed by atoms with van der Waals surface area (Å²) in [6, 6.07) is 7.69. The van der Waals surface area contributed by atoms with Crippen molar-refractivity contribution in [2.75, 3.05) is 31.5 Å². The maximum atomic E-state index is 13.2. The molecule has 5 rings (SSSR count). The van der Waals surface area contributed by atoms with Gasteiger partial charge in [0.1, 0.15) is 22.6 Å². The fourth-order valence-electron chi connectivity index (χ4n) is 6.85. The highest BCUT2D eigenvalue weighted by atomic mass is 16.6. The molecule has 284 valence electrons. The first-order chi connectivity index (χ1) is 24.3. The molecule has 0 unspecified atom stereocenters. The molecule has 52 heavy (non-hydrogen) atoms. The fraction of sp³-hybridized carbons (Fsp3) is 0.622. The van der Waals surface area contributed by atoms with Gasteiger partial charge in [-0.2, -0.15) is 4.98 Å². The molecule has 2 aromatic rings. The number of hydrogen-bond acceptors (Lipinski definition) is 9. The average molecular weight is 723 g/mol. The molecule has 5 amide bonds. The van der Waals surface area contributed by atoms with Crippen molar-refractivity contribution in [1.82, 2.24) is 34.9 Å². The quantitative estimate of drug-likeness (QED) is 0.393. The van der Waals surface area contributed by atoms with Crippen LogP contribution in [0.1, 0.15) is 92.2 Å². The molecule has 3 heterocycles. The van der Waals surface area contributed by atoms with E-state index in [1.165, 1.54) is 10.1 Å². The molecular weight excluding hydrogens is 668 g/mol. The second-order valence-corrected chi connectivity index (χ2v) is 16.4. The third-order valence-electron chi connectivity index (χ3n) is 9.39. The van der Waals surface area contributed by atoms with Gasteiger partial charge in [0, 0.05) is 57.5 Å². The lowest BCUT2D eigenvalue weighted by molar-refractivity contribution is -0.138. The predicted octanol–water partition coefficient (Wildman–Crippen LogP) is 4.36. The number of fused-ring (bicyclic) bond motifs is 1. The Morgan fingerprint density at radius 3 is 1.98 bits per heavy atom. The molecule has 1 aromatic heterocycles. The SMILES string of the molecule is CC(C)(C)OC(=O)NC(C)(C)C(=O)N1CCN(C(=O)Nc2ccn(-c3ccc4c(c3)CN([C@H]3CC[C@H](NC(=O)OC(C)(C)C)CC3)C4)c(=O)n2)CC1. The van der Waals surface area contributed by atoms with Gasteiger partial charge in [0.2, 0.25) is 5.91 Å². The molecule has 1 saturated carbocycles. The van der Waals surface area contributed by atoms with E-state index < -0.39 is 34.6 Å². The first kappa shape index (κ1) is 38.6. The number of urea groups is 1. The number of piperazine rings is 1. The summed E-state index contributed by atoms with van der Waals surface area (Å²) < 4.78 is 12.2. The van der Waals surface area contributed by atoms with Crippen LogP contribution in [0.2, 0.25) is 0 Å². The molecule has 15 nitrogen and oxygen atoms in total. The third-order valence-corrected chi connectivity index (χ3v) is 9.39. The van der Waals surface area contributed by atoms with Gasteiger partial charge in [-0.25, -0.2) is 19.2 Å². The van der Waals surface area contributed by atoms with Crippen LogP contribution in [-0.4, -0.2) is 103 Å². The molecule has 1 saturated heterocycles. The summed E-state index contributed by atoms with van der Waals surface area (Å²) in [6.07, 6.45) is 4.33. The Bertz CT molecular complexity index is 1710. The summed E-state index contributed by atoms with van der Waals surface area (Å²) in [5, 5.41) is 8.36. The molecule has 0 radical (unpaired) electrons. The molecule has 0 bridgehead atoms. The average Bonchev–Trinajstić information content (AvgIpc) is 3.46. The van der Waals surface area contributed by atoms with Crippen LogP contribution in [0.25, 0.3) is 5.69 Å². The minimum Gasteiger partial charge on any atom is -0.444 e. The van der Waals surface area contributed by atoms with E-state index in [4.69, 9.17) is 9.47 Å². The predicted molar refractivity (Wildman–Crippen MR) is 195 cm³/mol. The van der Waals surface area contributed by atoms with Crippen LogP contribution in [0.4, 0.5) is 20.2 Å². The Morgan fingerprint density at radius 2 is 1.37 bits per heavy atom. The first-order valence-corrected chi connectivity index (χ1v) is 18.1. The van der Waals surface area contributed by atoms with E-state index in [1.54, 1.807) is 56.7 Å². The lowest BCUT2D eigenvalue weighted by atomic mass is 9.90. The molecule has 3 N–H and O–H groups in total. The van der Waals surface area contributed by atoms with E-state index in [9.17, 15) is 24.0 Å². The van der Waals surface area contributed by atoms with Gasteiger partial charge < -0.3 is 29.9 Å². The molecule has 15 heteroatoms. The van der Waals surface area contributed by atoms with Crippen molar-refractivity contribution in [2.24, 2.45) is 0 Å². The summed E-state index contributed by atoms with van der Waals surface area (Å²) >= 11 is 0. The van der Waals surface area contributed by atoms with Crippen LogP contribution in [0.15, 0.2) is 35.3 Å². The summed E-state index contributed by atoms with van der Waals surface area (Å²) in [6.45, 7) is 16.8. The van der Waals surface area contributed by atoms with Crippen molar-refractivity contribution < 1.29 is 28.7 Å². The number of benzene rings is 1. The van der Waals surface area contributed by atoms with Crippen LogP contribution in [-0.2, 0) is 27.4 Å². The monoisotopic (exact) mass is 722 g/mol. The van der Waals surface area contributed by atoms with Crippen LogP contribution >= 0.6 is 0 Å². The molecule has 0 spiro atoms. The maximum Gasteiger partial charge on any atom is 0.408 e. The van der Waals surface area contributed by atoms with Crippen molar-refractivity contribution in [2.45, 2.75) is 123 Å². The number of nitrogens with zero attached hydrogens (tertiary/aromatic N) is 5. The molecular formula is C37H54N8O7. The molecule has 1 aromatic carbocycles. The molecule has 2 fully saturated rings. The van der Waals surface area contributed by atoms with Crippen molar-refractivity contribution in [3.63, 3.8) is 0 Å². The van der Waals surface area contributed by atoms with Crippen LogP contribution in [0.5, 0.6) is 0 Å². The van der Waals surface area contributed by atoms with Crippen LogP contribution < -0.4 is 21.6 Å². The van der Waals surface area contributed by atoms with Crippen molar-refractivity contribution in [3.05, 3.63) is 52.1 Å². The van der Waals surface area contributed by atoms with Crippen molar-refractivity contribution >= 4 is 29.9 Å². The molecule has 1 aliphatic carbocycles. The van der Waals surface area contributed by atoms with Gasteiger partial charge >= 0.3 is 23.9 Å². The number of carbonyl (C=O) groups excluding carboxylic acids is 4. The van der Waals surface area contributed by atoms with Gasteiger partial charge in [-0.3, -0.25) is 19.6 Å². The second-order valence-electron chi connectivity index (χ2n) is 16.4. The van der Waals surface area contributed by atoms with Gasteiger partial charge in [0.25, 0.3) is 0 Å². The summed E-state index contributed by atoms with van der Waals surface area (Å²) in [4.78, 5) is 73.6. The van der Waals surface area contributed by atoms with E-state index in [0.717, 1.165) is 44.3 Å². The Kier molecular flexibility index (Phi) is 11.2. The Hall–Kier alpha value is -4.66. The Balaban J connectivity index is 1.10. The van der Waals surface area contributed by atoms with Crippen molar-refractivity contribution in [3.8, 4) is 5.69 Å². The summed E-state index contributed by atoms with van der Waals surface area (Å²) in [7, 11) is 0. The second kappa shape index (κ2) is 15.1. The third kappa shape index (κ3) is 10.0. The number of anilines is 1. The zero-order chi connectivity index (χ0) is 38.0. The fourth-order valence-corrected chi connectivity index (χ4v) is 6.85. The number of aromatic nitrogens is 2. The Morgan fingerprint density at radius 1 is 0.769 bits per heavy atom. The van der Waals surface area contributed by atoms with Gasteiger partial charge in [0.15, 0.2) is 0 Å². The van der Waals surface area contributed by atoms with E-state index in [2.05, 4.69) is 31.9 Å². The number of alkyl carbamates (subject to hydrolysis) is 2. The maximum absolute atomic E-state index is 13.2. The van der Waals surface area contributed by atoms with E-state index >= 15 is 0 Å². The highest BCUT2D eigenvalue weighted by molar-refractivity contribution is 5.90. The minimum atomic E-state index is -1.19. The lowest BCUT2D eigenvalue weighted by Crippen LogP contribution is -2.60. The zero-order valence-corrected chi connectivity index (χ0v) is 31.7. The highest BCUT2D eigenvalue weighted by Gasteiger charge is 2.37. The molecule has 2 aliphatic heterocycles. The number of ether oxygens (including phenoxy) is 2. The minimum absolute atomic E-state index is 0.115. The van der Waals surface area contributed by atoms with E-state index in [-0.39, 0.29) is 50.0 Å². The number of hydrogen-bond donors (Lipinski definition) is 3. The normalized spacial score (nSPS) is 19.8. The topological polar surface area (TPSA) is 167 Å². The first-order valence-electron chi connectivity index (χ1n) is 18.1. The standard InChI is InChI=1S/C37H54N8O7/c1-35(2,3)51-33(49)38-26-10-13-27(14-11-26)44-22-24-9-12-28(21-25(24)23-44)45-16-15-29(40-32(45)48)39-31(47)43-19-17-42(18-20-43)30(46)37(7,8)41-34(50)52-36(4,5)6/h9,12,15-16,21,26-27H,10-11,13-14,17-20,22-23H2,1-8H3,(H,38,49)(H,41,50)(H,39,40,47,48)/t26-,27-. The van der Waals surface area contributed by atoms with E-state index in [1.807, 2.05) is 32.9 Å². The van der Waals surface area contributed by atoms with Crippen LogP contribution in [0, 0.1) is 0 Å². The number of amides is 5. The van der Waals surface area contributed by atoms with Gasteiger partial charge in [-0.05, 0) is 110 Å². The lowest BCUT2D eigenvalue weighted by Gasteiger charge is -2.38. The van der Waals surface area contributed by atoms with Gasteiger partial charge in [-0.1, -0.05) is 6.07 Å². The zero-order valence-electron chi connectivity index (χ0n) is 31.7. The van der Waals surface area contributed by atoms with E-state index in [0.29, 0.717) is 11.7 Å². The largest absolute Gasteiger partial charge is 0.444 e. The van der Waals surface area contributed by atoms with Crippen molar-refractivity contribution in [1.29, 1.82) is 0 Å². The molecule has 3 aliphatic rings.